The molecule has 0 saturated carbocycles. The zero-order chi connectivity index (χ0) is 15.0. The maximum atomic E-state index is 12.3. The molecule has 2 saturated heterocycles. The van der Waals surface area contributed by atoms with E-state index in [0.717, 1.165) is 0 Å². The molecule has 0 aliphatic carbocycles. The van der Waals surface area contributed by atoms with Gasteiger partial charge in [-0.25, -0.2) is 0 Å². The average molecular weight is 307 g/mol. The Hall–Kier alpha value is -1.89. The fourth-order valence-corrected chi connectivity index (χ4v) is 3.51. The van der Waals surface area contributed by atoms with Gasteiger partial charge in [-0.3, -0.25) is 14.4 Å². The van der Waals surface area contributed by atoms with Crippen molar-refractivity contribution in [2.75, 3.05) is 19.6 Å². The normalized spacial score (nSPS) is 25.6. The van der Waals surface area contributed by atoms with Gasteiger partial charge in [0.2, 0.25) is 11.8 Å². The second kappa shape index (κ2) is 5.48. The summed E-state index contributed by atoms with van der Waals surface area (Å²) < 4.78 is 0. The first kappa shape index (κ1) is 14.1. The lowest BCUT2D eigenvalue weighted by Gasteiger charge is -2.45. The van der Waals surface area contributed by atoms with Crippen LogP contribution in [-0.4, -0.2) is 59.2 Å². The molecule has 6 nitrogen and oxygen atoms in total. The van der Waals surface area contributed by atoms with E-state index in [0.29, 0.717) is 24.4 Å². The molecule has 2 aliphatic heterocycles. The van der Waals surface area contributed by atoms with E-state index < -0.39 is 12.1 Å². The summed E-state index contributed by atoms with van der Waals surface area (Å²) in [5.41, 5.74) is 0. The van der Waals surface area contributed by atoms with Crippen LogP contribution >= 0.6 is 11.3 Å². The Morgan fingerprint density at radius 3 is 2.90 bits per heavy atom. The van der Waals surface area contributed by atoms with Crippen molar-refractivity contribution in [1.82, 2.24) is 15.1 Å². The van der Waals surface area contributed by atoms with Gasteiger partial charge in [0, 0.05) is 13.1 Å². The molecule has 1 aromatic heterocycles. The van der Waals surface area contributed by atoms with Gasteiger partial charge in [-0.15, -0.1) is 11.3 Å². The fourth-order valence-electron chi connectivity index (χ4n) is 2.82. The van der Waals surface area contributed by atoms with Crippen molar-refractivity contribution in [2.24, 2.45) is 0 Å². The third-order valence-electron chi connectivity index (χ3n) is 4.01. The molecule has 0 bridgehead atoms. The molecule has 7 heteroatoms. The number of amides is 3. The van der Waals surface area contributed by atoms with Crippen LogP contribution in [0.3, 0.4) is 0 Å². The van der Waals surface area contributed by atoms with Gasteiger partial charge in [-0.1, -0.05) is 13.0 Å². The zero-order valence-electron chi connectivity index (χ0n) is 11.7. The topological polar surface area (TPSA) is 69.7 Å². The molecular weight excluding hydrogens is 290 g/mol. The quantitative estimate of drug-likeness (QED) is 0.855. The number of nitrogens with zero attached hydrogens (tertiary/aromatic N) is 2. The van der Waals surface area contributed by atoms with Gasteiger partial charge in [0.1, 0.15) is 12.1 Å². The summed E-state index contributed by atoms with van der Waals surface area (Å²) >= 11 is 1.39. The fraction of sp³-hybridized carbons (Fsp3) is 0.500. The lowest BCUT2D eigenvalue weighted by Crippen LogP contribution is -2.69. The minimum Gasteiger partial charge on any atom is -0.342 e. The highest BCUT2D eigenvalue weighted by Crippen LogP contribution is 2.20. The van der Waals surface area contributed by atoms with E-state index in [4.69, 9.17) is 0 Å². The number of piperazine rings is 2. The SMILES string of the molecule is CC[C@@H]1NC(=O)[C@H]2CN(C(=O)c3cccs3)CCN2C1=O. The van der Waals surface area contributed by atoms with E-state index in [1.54, 1.807) is 15.9 Å². The summed E-state index contributed by atoms with van der Waals surface area (Å²) in [6.07, 6.45) is 0.589. The zero-order valence-corrected chi connectivity index (χ0v) is 12.6. The molecular formula is C14H17N3O3S. The molecule has 2 aliphatic rings. The Morgan fingerprint density at radius 1 is 1.43 bits per heavy atom. The van der Waals surface area contributed by atoms with Crippen molar-refractivity contribution in [1.29, 1.82) is 0 Å². The van der Waals surface area contributed by atoms with Crippen LogP contribution in [0.15, 0.2) is 17.5 Å². The van der Waals surface area contributed by atoms with E-state index in [1.807, 2.05) is 18.4 Å². The van der Waals surface area contributed by atoms with Crippen LogP contribution in [0, 0.1) is 0 Å². The van der Waals surface area contributed by atoms with Crippen LogP contribution in [0.1, 0.15) is 23.0 Å². The van der Waals surface area contributed by atoms with Crippen molar-refractivity contribution in [2.45, 2.75) is 25.4 Å². The molecule has 2 atom stereocenters. The molecule has 1 aromatic rings. The second-order valence-corrected chi connectivity index (χ2v) is 6.19. The van der Waals surface area contributed by atoms with Crippen molar-refractivity contribution in [3.8, 4) is 0 Å². The monoisotopic (exact) mass is 307 g/mol. The number of rotatable bonds is 2. The van der Waals surface area contributed by atoms with E-state index in [2.05, 4.69) is 5.32 Å². The summed E-state index contributed by atoms with van der Waals surface area (Å²) in [5, 5.41) is 4.60. The number of hydrogen-bond donors (Lipinski definition) is 1. The molecule has 0 unspecified atom stereocenters. The Morgan fingerprint density at radius 2 is 2.24 bits per heavy atom. The van der Waals surface area contributed by atoms with Gasteiger partial charge in [0.15, 0.2) is 0 Å². The third-order valence-corrected chi connectivity index (χ3v) is 4.87. The molecule has 0 aromatic carbocycles. The molecule has 2 fully saturated rings. The molecule has 0 spiro atoms. The highest BCUT2D eigenvalue weighted by Gasteiger charge is 2.43. The summed E-state index contributed by atoms with van der Waals surface area (Å²) in [5.74, 6) is -0.266. The predicted molar refractivity (Wildman–Crippen MR) is 77.9 cm³/mol. The first-order chi connectivity index (χ1) is 10.1. The minimum atomic E-state index is -0.557. The van der Waals surface area contributed by atoms with Gasteiger partial charge < -0.3 is 15.1 Å². The van der Waals surface area contributed by atoms with Crippen molar-refractivity contribution in [3.05, 3.63) is 22.4 Å². The summed E-state index contributed by atoms with van der Waals surface area (Å²) in [6, 6.07) is 2.63. The van der Waals surface area contributed by atoms with Crippen LogP contribution in [0.2, 0.25) is 0 Å². The summed E-state index contributed by atoms with van der Waals surface area (Å²) in [6.45, 7) is 3.04. The van der Waals surface area contributed by atoms with Gasteiger partial charge in [-0.05, 0) is 17.9 Å². The smallest absolute Gasteiger partial charge is 0.264 e. The average Bonchev–Trinajstić information content (AvgIpc) is 3.04. The van der Waals surface area contributed by atoms with Crippen molar-refractivity contribution < 1.29 is 14.4 Å². The molecule has 0 radical (unpaired) electrons. The Bertz CT molecular complexity index is 572. The Labute approximate surface area is 126 Å². The summed E-state index contributed by atoms with van der Waals surface area (Å²) in [7, 11) is 0. The standard InChI is InChI=1S/C14H17N3O3S/c1-2-9-13(19)17-6-5-16(8-10(17)12(18)15-9)14(20)11-4-3-7-21-11/h3-4,7,9-10H,2,5-6,8H2,1H3,(H,15,18)/t9-,10+/m0/s1. The number of thiophene rings is 1. The van der Waals surface area contributed by atoms with Gasteiger partial charge in [0.25, 0.3) is 5.91 Å². The highest BCUT2D eigenvalue weighted by molar-refractivity contribution is 7.12. The summed E-state index contributed by atoms with van der Waals surface area (Å²) in [4.78, 5) is 40.7. The number of nitrogens with one attached hydrogen (secondary N) is 1. The Balaban J connectivity index is 1.75. The molecule has 3 amide bonds. The van der Waals surface area contributed by atoms with Crippen LogP contribution in [-0.2, 0) is 9.59 Å². The molecule has 3 heterocycles. The van der Waals surface area contributed by atoms with Gasteiger partial charge in [0.05, 0.1) is 11.4 Å². The van der Waals surface area contributed by atoms with E-state index in [-0.39, 0.29) is 24.3 Å². The molecule has 1 N–H and O–H groups in total. The number of hydrogen-bond acceptors (Lipinski definition) is 4. The van der Waals surface area contributed by atoms with Crippen LogP contribution in [0.4, 0.5) is 0 Å². The Kier molecular flexibility index (Phi) is 3.67. The molecule has 21 heavy (non-hydrogen) atoms. The van der Waals surface area contributed by atoms with Gasteiger partial charge in [-0.2, -0.15) is 0 Å². The largest absolute Gasteiger partial charge is 0.342 e. The maximum Gasteiger partial charge on any atom is 0.264 e. The number of fused-ring (bicyclic) bond motifs is 1. The maximum absolute atomic E-state index is 12.3. The second-order valence-electron chi connectivity index (χ2n) is 5.25. The van der Waals surface area contributed by atoms with Crippen molar-refractivity contribution >= 4 is 29.1 Å². The predicted octanol–water partition coefficient (Wildman–Crippen LogP) is 0.309. The van der Waals surface area contributed by atoms with Gasteiger partial charge >= 0.3 is 0 Å². The third kappa shape index (κ3) is 2.42. The van der Waals surface area contributed by atoms with Crippen LogP contribution < -0.4 is 5.32 Å². The number of carbonyl (C=O) groups excluding carboxylic acids is 3. The van der Waals surface area contributed by atoms with Crippen LogP contribution in [0.5, 0.6) is 0 Å². The highest BCUT2D eigenvalue weighted by atomic mass is 32.1. The first-order valence-corrected chi connectivity index (χ1v) is 7.93. The van der Waals surface area contributed by atoms with Crippen molar-refractivity contribution in [3.63, 3.8) is 0 Å². The number of carbonyl (C=O) groups is 3. The lowest BCUT2D eigenvalue weighted by molar-refractivity contribution is -0.152. The van der Waals surface area contributed by atoms with Crippen LogP contribution in [0.25, 0.3) is 0 Å². The molecule has 112 valence electrons. The lowest BCUT2D eigenvalue weighted by atomic mass is 10.0. The van der Waals surface area contributed by atoms with E-state index in [9.17, 15) is 14.4 Å². The minimum absolute atomic E-state index is 0.0367. The van der Waals surface area contributed by atoms with E-state index >= 15 is 0 Å². The van der Waals surface area contributed by atoms with E-state index in [1.165, 1.54) is 11.3 Å². The first-order valence-electron chi connectivity index (χ1n) is 7.05. The molecule has 3 rings (SSSR count).